The fourth-order valence-corrected chi connectivity index (χ4v) is 3.02. The van der Waals surface area contributed by atoms with Crippen molar-refractivity contribution >= 4 is 5.97 Å². The second-order valence-electron chi connectivity index (χ2n) is 6.74. The number of rotatable bonds is 4. The lowest BCUT2D eigenvalue weighted by Crippen LogP contribution is -2.37. The number of carbonyl (C=O) groups is 1. The van der Waals surface area contributed by atoms with Gasteiger partial charge in [-0.1, -0.05) is 13.8 Å². The van der Waals surface area contributed by atoms with Crippen LogP contribution in [0.2, 0.25) is 0 Å². The number of aryl methyl sites for hydroxylation is 1. The second kappa shape index (κ2) is 5.56. The van der Waals surface area contributed by atoms with Crippen LogP contribution in [-0.2, 0) is 13.6 Å². The Hall–Kier alpha value is -1.36. The number of nitrogens with zero attached hydrogens (tertiary/aromatic N) is 3. The van der Waals surface area contributed by atoms with Gasteiger partial charge in [0.15, 0.2) is 0 Å². The Labute approximate surface area is 120 Å². The zero-order chi connectivity index (χ0) is 14.9. The van der Waals surface area contributed by atoms with Crippen molar-refractivity contribution in [2.24, 2.45) is 12.5 Å². The van der Waals surface area contributed by atoms with E-state index in [-0.39, 0.29) is 0 Å². The second-order valence-corrected chi connectivity index (χ2v) is 6.74. The highest BCUT2D eigenvalue weighted by Gasteiger charge is 2.29. The molecular formula is C15H25N3O2. The average molecular weight is 279 g/mol. The maximum absolute atomic E-state index is 11.2. The SMILES string of the molecule is CN(Cc1c(C(=O)O)cnn1C)C1CCC(C)(C)CC1. The quantitative estimate of drug-likeness (QED) is 0.920. The zero-order valence-electron chi connectivity index (χ0n) is 12.9. The maximum atomic E-state index is 11.2. The highest BCUT2D eigenvalue weighted by molar-refractivity contribution is 5.88. The van der Waals surface area contributed by atoms with E-state index in [4.69, 9.17) is 0 Å². The maximum Gasteiger partial charge on any atom is 0.339 e. The number of hydrogen-bond acceptors (Lipinski definition) is 3. The summed E-state index contributed by atoms with van der Waals surface area (Å²) in [5.41, 5.74) is 1.55. The molecular weight excluding hydrogens is 254 g/mol. The lowest BCUT2D eigenvalue weighted by Gasteiger charge is -2.38. The number of carboxylic acid groups (broad SMARTS) is 1. The fourth-order valence-electron chi connectivity index (χ4n) is 3.02. The third kappa shape index (κ3) is 3.20. The summed E-state index contributed by atoms with van der Waals surface area (Å²) in [7, 11) is 3.89. The van der Waals surface area contributed by atoms with Gasteiger partial charge >= 0.3 is 5.97 Å². The van der Waals surface area contributed by atoms with E-state index in [0.717, 1.165) is 5.69 Å². The van der Waals surface area contributed by atoms with Gasteiger partial charge in [0, 0.05) is 19.6 Å². The number of aromatic carboxylic acids is 1. The smallest absolute Gasteiger partial charge is 0.339 e. The number of hydrogen-bond donors (Lipinski definition) is 1. The lowest BCUT2D eigenvalue weighted by atomic mass is 9.75. The summed E-state index contributed by atoms with van der Waals surface area (Å²) in [5, 5.41) is 13.3. The van der Waals surface area contributed by atoms with Crippen molar-refractivity contribution in [1.82, 2.24) is 14.7 Å². The highest BCUT2D eigenvalue weighted by Crippen LogP contribution is 2.36. The summed E-state index contributed by atoms with van der Waals surface area (Å²) < 4.78 is 1.67. The highest BCUT2D eigenvalue weighted by atomic mass is 16.4. The average Bonchev–Trinajstić information content (AvgIpc) is 2.71. The van der Waals surface area contributed by atoms with Gasteiger partial charge in [-0.3, -0.25) is 9.58 Å². The van der Waals surface area contributed by atoms with Crippen LogP contribution >= 0.6 is 0 Å². The Morgan fingerprint density at radius 1 is 1.50 bits per heavy atom. The van der Waals surface area contributed by atoms with Crippen LogP contribution in [0.4, 0.5) is 0 Å². The molecule has 1 N–H and O–H groups in total. The fraction of sp³-hybridized carbons (Fsp3) is 0.733. The van der Waals surface area contributed by atoms with Gasteiger partial charge in [-0.25, -0.2) is 4.79 Å². The summed E-state index contributed by atoms with van der Waals surface area (Å²) in [6.45, 7) is 5.29. The van der Waals surface area contributed by atoms with Crippen LogP contribution in [0.3, 0.4) is 0 Å². The van der Waals surface area contributed by atoms with E-state index in [1.165, 1.54) is 31.9 Å². The van der Waals surface area contributed by atoms with Crippen LogP contribution in [0.1, 0.15) is 55.6 Å². The first-order valence-electron chi connectivity index (χ1n) is 7.24. The molecule has 0 unspecified atom stereocenters. The van der Waals surface area contributed by atoms with E-state index in [9.17, 15) is 9.90 Å². The van der Waals surface area contributed by atoms with E-state index in [1.807, 2.05) is 0 Å². The zero-order valence-corrected chi connectivity index (χ0v) is 12.9. The molecule has 0 amide bonds. The van der Waals surface area contributed by atoms with Gasteiger partial charge in [0.1, 0.15) is 5.56 Å². The van der Waals surface area contributed by atoms with Gasteiger partial charge in [-0.05, 0) is 38.1 Å². The van der Waals surface area contributed by atoms with Crippen LogP contribution < -0.4 is 0 Å². The first-order chi connectivity index (χ1) is 9.30. The molecule has 2 rings (SSSR count). The molecule has 0 aromatic carbocycles. The van der Waals surface area contributed by atoms with E-state index in [2.05, 4.69) is 30.9 Å². The third-order valence-electron chi connectivity index (χ3n) is 4.62. The van der Waals surface area contributed by atoms with Gasteiger partial charge in [-0.2, -0.15) is 5.10 Å². The molecule has 5 heteroatoms. The molecule has 0 saturated heterocycles. The van der Waals surface area contributed by atoms with E-state index >= 15 is 0 Å². The van der Waals surface area contributed by atoms with Crippen molar-refractivity contribution in [3.8, 4) is 0 Å². The van der Waals surface area contributed by atoms with Gasteiger partial charge in [0.05, 0.1) is 11.9 Å². The standard InChI is InChI=1S/C15H25N3O2/c1-15(2)7-5-11(6-8-15)17(3)10-13-12(14(19)20)9-16-18(13)4/h9,11H,5-8,10H2,1-4H3,(H,19,20). The molecule has 1 fully saturated rings. The molecule has 1 aliphatic rings. The minimum absolute atomic E-state index is 0.315. The first-order valence-corrected chi connectivity index (χ1v) is 7.24. The van der Waals surface area contributed by atoms with Crippen molar-refractivity contribution in [2.45, 2.75) is 52.1 Å². The largest absolute Gasteiger partial charge is 0.478 e. The molecule has 20 heavy (non-hydrogen) atoms. The Kier molecular flexibility index (Phi) is 4.18. The summed E-state index contributed by atoms with van der Waals surface area (Å²) in [6, 6.07) is 0.541. The molecule has 1 aromatic rings. The molecule has 1 saturated carbocycles. The Morgan fingerprint density at radius 2 is 2.10 bits per heavy atom. The van der Waals surface area contributed by atoms with E-state index in [1.54, 1.807) is 11.7 Å². The molecule has 0 radical (unpaired) electrons. The summed E-state index contributed by atoms with van der Waals surface area (Å²) >= 11 is 0. The molecule has 112 valence electrons. The van der Waals surface area contributed by atoms with Crippen LogP contribution in [0.25, 0.3) is 0 Å². The van der Waals surface area contributed by atoms with Crippen LogP contribution in [0.5, 0.6) is 0 Å². The van der Waals surface area contributed by atoms with E-state index in [0.29, 0.717) is 23.6 Å². The molecule has 0 aliphatic heterocycles. The monoisotopic (exact) mass is 279 g/mol. The van der Waals surface area contributed by atoms with Crippen molar-refractivity contribution < 1.29 is 9.90 Å². The topological polar surface area (TPSA) is 58.4 Å². The molecule has 1 aliphatic carbocycles. The first kappa shape index (κ1) is 15.0. The lowest BCUT2D eigenvalue weighted by molar-refractivity contribution is 0.0692. The number of carboxylic acids is 1. The van der Waals surface area contributed by atoms with Crippen molar-refractivity contribution in [2.75, 3.05) is 7.05 Å². The van der Waals surface area contributed by atoms with Crippen LogP contribution in [-0.4, -0.2) is 38.8 Å². The summed E-state index contributed by atoms with van der Waals surface area (Å²) in [4.78, 5) is 13.5. The molecule has 0 spiro atoms. The van der Waals surface area contributed by atoms with Crippen molar-refractivity contribution in [3.05, 3.63) is 17.5 Å². The van der Waals surface area contributed by atoms with E-state index < -0.39 is 5.97 Å². The predicted molar refractivity (Wildman–Crippen MR) is 77.7 cm³/mol. The summed E-state index contributed by atoms with van der Waals surface area (Å²) in [6.07, 6.45) is 6.28. The number of aromatic nitrogens is 2. The Balaban J connectivity index is 2.03. The van der Waals surface area contributed by atoms with Gasteiger partial charge in [0.2, 0.25) is 0 Å². The Morgan fingerprint density at radius 3 is 2.65 bits per heavy atom. The minimum Gasteiger partial charge on any atom is -0.478 e. The van der Waals surface area contributed by atoms with Crippen molar-refractivity contribution in [3.63, 3.8) is 0 Å². The van der Waals surface area contributed by atoms with Crippen molar-refractivity contribution in [1.29, 1.82) is 0 Å². The molecule has 1 aromatic heterocycles. The molecule has 0 atom stereocenters. The van der Waals surface area contributed by atoms with Crippen LogP contribution in [0, 0.1) is 5.41 Å². The van der Waals surface area contributed by atoms with Gasteiger partial charge in [-0.15, -0.1) is 0 Å². The molecule has 1 heterocycles. The summed E-state index contributed by atoms with van der Waals surface area (Å²) in [5.74, 6) is -0.897. The molecule has 0 bridgehead atoms. The third-order valence-corrected chi connectivity index (χ3v) is 4.62. The predicted octanol–water partition coefficient (Wildman–Crippen LogP) is 2.52. The normalized spacial score (nSPS) is 19.4. The van der Waals surface area contributed by atoms with Gasteiger partial charge in [0.25, 0.3) is 0 Å². The molecule has 5 nitrogen and oxygen atoms in total. The van der Waals surface area contributed by atoms with Gasteiger partial charge < -0.3 is 5.11 Å². The Bertz CT molecular complexity index is 483. The van der Waals surface area contributed by atoms with Crippen LogP contribution in [0.15, 0.2) is 6.20 Å². The minimum atomic E-state index is -0.897.